The Morgan fingerprint density at radius 2 is 2.09 bits per heavy atom. The minimum absolute atomic E-state index is 0.0962. The number of rotatable bonds is 4. The van der Waals surface area contributed by atoms with E-state index in [2.05, 4.69) is 15.6 Å². The number of pyridine rings is 1. The van der Waals surface area contributed by atoms with Gasteiger partial charge in [-0.15, -0.1) is 0 Å². The van der Waals surface area contributed by atoms with Gasteiger partial charge in [0, 0.05) is 18.1 Å². The number of anilines is 2. The van der Waals surface area contributed by atoms with Crippen molar-refractivity contribution in [3.63, 3.8) is 0 Å². The summed E-state index contributed by atoms with van der Waals surface area (Å²) >= 11 is 11.7. The molecule has 5 nitrogen and oxygen atoms in total. The number of amides is 1. The van der Waals surface area contributed by atoms with Gasteiger partial charge in [-0.25, -0.2) is 4.98 Å². The number of aromatic nitrogens is 1. The van der Waals surface area contributed by atoms with Gasteiger partial charge in [0.2, 0.25) is 0 Å². The molecule has 116 valence electrons. The summed E-state index contributed by atoms with van der Waals surface area (Å²) in [5, 5.41) is 15.3. The molecule has 0 aliphatic carbocycles. The van der Waals surface area contributed by atoms with Gasteiger partial charge in [0.15, 0.2) is 0 Å². The quantitative estimate of drug-likeness (QED) is 0.643. The van der Waals surface area contributed by atoms with Crippen molar-refractivity contribution in [2.75, 3.05) is 10.6 Å². The zero-order valence-corrected chi connectivity index (χ0v) is 13.6. The van der Waals surface area contributed by atoms with Crippen LogP contribution in [-0.2, 0) is 4.79 Å². The molecule has 0 saturated heterocycles. The van der Waals surface area contributed by atoms with E-state index in [1.54, 1.807) is 24.4 Å². The van der Waals surface area contributed by atoms with Crippen LogP contribution in [0.4, 0.5) is 11.5 Å². The molecule has 0 radical (unpaired) electrons. The van der Waals surface area contributed by atoms with Gasteiger partial charge in [0.25, 0.3) is 5.91 Å². The molecule has 7 heteroatoms. The number of halogens is 2. The fourth-order valence-electron chi connectivity index (χ4n) is 1.70. The van der Waals surface area contributed by atoms with Crippen LogP contribution in [0.15, 0.2) is 48.3 Å². The third kappa shape index (κ3) is 4.46. The summed E-state index contributed by atoms with van der Waals surface area (Å²) in [6.07, 6.45) is 2.92. The summed E-state index contributed by atoms with van der Waals surface area (Å²) in [6, 6.07) is 10.2. The first-order valence-electron chi connectivity index (χ1n) is 6.56. The Bertz CT molecular complexity index is 812. The predicted molar refractivity (Wildman–Crippen MR) is 91.4 cm³/mol. The number of nitrogens with zero attached hydrogens (tertiary/aromatic N) is 2. The van der Waals surface area contributed by atoms with E-state index in [1.807, 2.05) is 19.1 Å². The lowest BCUT2D eigenvalue weighted by atomic mass is 10.2. The van der Waals surface area contributed by atoms with Crippen molar-refractivity contribution in [3.8, 4) is 6.07 Å². The van der Waals surface area contributed by atoms with Crippen LogP contribution >= 0.6 is 23.2 Å². The molecule has 1 amide bonds. The summed E-state index contributed by atoms with van der Waals surface area (Å²) in [5.41, 5.74) is 1.24. The Hall–Kier alpha value is -2.55. The molecule has 2 N–H and O–H groups in total. The molecule has 0 fully saturated rings. The maximum atomic E-state index is 12.1. The monoisotopic (exact) mass is 346 g/mol. The van der Waals surface area contributed by atoms with Gasteiger partial charge < -0.3 is 10.6 Å². The highest BCUT2D eigenvalue weighted by molar-refractivity contribution is 6.42. The molecule has 0 atom stereocenters. The first kappa shape index (κ1) is 16.8. The molecule has 1 aromatic heterocycles. The first-order chi connectivity index (χ1) is 11.0. The van der Waals surface area contributed by atoms with Crippen molar-refractivity contribution in [1.82, 2.24) is 4.98 Å². The van der Waals surface area contributed by atoms with Gasteiger partial charge in [-0.2, -0.15) is 5.26 Å². The van der Waals surface area contributed by atoms with Gasteiger partial charge in [-0.1, -0.05) is 29.3 Å². The molecule has 0 spiro atoms. The van der Waals surface area contributed by atoms with Crippen LogP contribution in [-0.4, -0.2) is 10.9 Å². The fraction of sp³-hybridized carbons (Fsp3) is 0.0625. The second-order valence-electron chi connectivity index (χ2n) is 4.57. The Kier molecular flexibility index (Phi) is 5.58. The minimum atomic E-state index is -0.563. The highest BCUT2D eigenvalue weighted by atomic mass is 35.5. The van der Waals surface area contributed by atoms with E-state index in [-0.39, 0.29) is 5.57 Å². The minimum Gasteiger partial charge on any atom is -0.345 e. The van der Waals surface area contributed by atoms with E-state index < -0.39 is 5.91 Å². The molecular formula is C16H12Cl2N4O. The van der Waals surface area contributed by atoms with E-state index in [1.165, 1.54) is 12.3 Å². The number of benzene rings is 1. The largest absolute Gasteiger partial charge is 0.345 e. The SMILES string of the molecule is Cc1cccnc1N/C=C(/C#N)C(=O)Nc1ccc(Cl)c(Cl)c1. The maximum Gasteiger partial charge on any atom is 0.267 e. The van der Waals surface area contributed by atoms with Crippen molar-refractivity contribution in [2.24, 2.45) is 0 Å². The molecular weight excluding hydrogens is 335 g/mol. The summed E-state index contributed by atoms with van der Waals surface area (Å²) in [5.74, 6) is 0.00885. The lowest BCUT2D eigenvalue weighted by molar-refractivity contribution is -0.112. The summed E-state index contributed by atoms with van der Waals surface area (Å²) in [7, 11) is 0. The standard InChI is InChI=1S/C16H12Cl2N4O/c1-10-3-2-6-20-15(10)21-9-11(8-19)16(23)22-12-4-5-13(17)14(18)7-12/h2-7,9H,1H3,(H,20,21)(H,22,23)/b11-9-. The molecule has 0 saturated carbocycles. The van der Waals surface area contributed by atoms with Crippen molar-refractivity contribution < 1.29 is 4.79 Å². The van der Waals surface area contributed by atoms with Gasteiger partial charge in [-0.05, 0) is 36.8 Å². The highest BCUT2D eigenvalue weighted by Crippen LogP contribution is 2.25. The van der Waals surface area contributed by atoms with Crippen LogP contribution in [0.25, 0.3) is 0 Å². The maximum absolute atomic E-state index is 12.1. The van der Waals surface area contributed by atoms with Crippen molar-refractivity contribution in [2.45, 2.75) is 6.92 Å². The van der Waals surface area contributed by atoms with Crippen LogP contribution in [0.5, 0.6) is 0 Å². The number of carbonyl (C=O) groups excluding carboxylic acids is 1. The fourth-order valence-corrected chi connectivity index (χ4v) is 2.00. The molecule has 2 aromatic rings. The Labute approximate surface area is 143 Å². The number of nitrogens with one attached hydrogen (secondary N) is 2. The second kappa shape index (κ2) is 7.63. The summed E-state index contributed by atoms with van der Waals surface area (Å²) < 4.78 is 0. The van der Waals surface area contributed by atoms with Crippen LogP contribution in [0, 0.1) is 18.3 Å². The second-order valence-corrected chi connectivity index (χ2v) is 5.38. The number of carbonyl (C=O) groups is 1. The topological polar surface area (TPSA) is 77.8 Å². The van der Waals surface area contributed by atoms with Crippen molar-refractivity contribution in [3.05, 3.63) is 63.9 Å². The molecule has 0 aliphatic heterocycles. The lowest BCUT2D eigenvalue weighted by Crippen LogP contribution is -2.14. The smallest absolute Gasteiger partial charge is 0.267 e. The molecule has 1 heterocycles. The zero-order valence-electron chi connectivity index (χ0n) is 12.1. The number of nitriles is 1. The van der Waals surface area contributed by atoms with Crippen LogP contribution in [0.1, 0.15) is 5.56 Å². The normalized spacial score (nSPS) is 10.8. The van der Waals surface area contributed by atoms with Gasteiger partial charge >= 0.3 is 0 Å². The van der Waals surface area contributed by atoms with Gasteiger partial charge in [0.05, 0.1) is 10.0 Å². The molecule has 0 unspecified atom stereocenters. The van der Waals surface area contributed by atoms with E-state index in [9.17, 15) is 4.79 Å². The van der Waals surface area contributed by atoms with Crippen LogP contribution in [0.2, 0.25) is 10.0 Å². The molecule has 23 heavy (non-hydrogen) atoms. The summed E-state index contributed by atoms with van der Waals surface area (Å²) in [6.45, 7) is 1.87. The number of hydrogen-bond donors (Lipinski definition) is 2. The molecule has 0 aliphatic rings. The average molecular weight is 347 g/mol. The Balaban J connectivity index is 2.12. The van der Waals surface area contributed by atoms with Crippen molar-refractivity contribution in [1.29, 1.82) is 5.26 Å². The van der Waals surface area contributed by atoms with E-state index in [0.29, 0.717) is 21.6 Å². The van der Waals surface area contributed by atoms with Gasteiger partial charge in [0.1, 0.15) is 17.5 Å². The van der Waals surface area contributed by atoms with Crippen LogP contribution in [0.3, 0.4) is 0 Å². The zero-order chi connectivity index (χ0) is 16.8. The van der Waals surface area contributed by atoms with Crippen molar-refractivity contribution >= 4 is 40.6 Å². The summed E-state index contributed by atoms with van der Waals surface area (Å²) in [4.78, 5) is 16.2. The van der Waals surface area contributed by atoms with E-state index >= 15 is 0 Å². The van der Waals surface area contributed by atoms with E-state index in [4.69, 9.17) is 28.5 Å². The number of hydrogen-bond acceptors (Lipinski definition) is 4. The van der Waals surface area contributed by atoms with Gasteiger partial charge in [-0.3, -0.25) is 4.79 Å². The van der Waals surface area contributed by atoms with Crippen LogP contribution < -0.4 is 10.6 Å². The Morgan fingerprint density at radius 3 is 2.74 bits per heavy atom. The molecule has 1 aromatic carbocycles. The predicted octanol–water partition coefficient (Wildman–Crippen LogP) is 4.15. The third-order valence-electron chi connectivity index (χ3n) is 2.91. The molecule has 2 rings (SSSR count). The first-order valence-corrected chi connectivity index (χ1v) is 7.31. The molecule has 0 bridgehead atoms. The number of aryl methyl sites for hydroxylation is 1. The highest BCUT2D eigenvalue weighted by Gasteiger charge is 2.10. The van der Waals surface area contributed by atoms with E-state index in [0.717, 1.165) is 5.56 Å². The average Bonchev–Trinajstić information content (AvgIpc) is 2.53. The lowest BCUT2D eigenvalue weighted by Gasteiger charge is -2.07. The Morgan fingerprint density at radius 1 is 1.30 bits per heavy atom. The third-order valence-corrected chi connectivity index (χ3v) is 3.64.